The highest BCUT2D eigenvalue weighted by molar-refractivity contribution is 7.25. The van der Waals surface area contributed by atoms with Gasteiger partial charge in [-0.15, -0.1) is 11.3 Å². The van der Waals surface area contributed by atoms with E-state index in [1.54, 1.807) is 0 Å². The highest BCUT2D eigenvalue weighted by Gasteiger charge is 2.18. The Hall–Kier alpha value is -6.74. The number of benzene rings is 10. The molecule has 0 saturated heterocycles. The van der Waals surface area contributed by atoms with Gasteiger partial charge < -0.3 is 4.90 Å². The summed E-state index contributed by atoms with van der Waals surface area (Å²) in [5.74, 6) is 0. The first-order valence-corrected chi connectivity index (χ1v) is 19.3. The van der Waals surface area contributed by atoms with Gasteiger partial charge in [-0.25, -0.2) is 0 Å². The van der Waals surface area contributed by atoms with Crippen LogP contribution in [0.4, 0.5) is 17.1 Å². The number of hydrogen-bond donors (Lipinski definition) is 0. The van der Waals surface area contributed by atoms with Crippen LogP contribution in [0.3, 0.4) is 0 Å². The molecule has 0 amide bonds. The fraction of sp³-hybridized carbons (Fsp3) is 0. The summed E-state index contributed by atoms with van der Waals surface area (Å²) < 4.78 is 2.63. The molecule has 11 aromatic rings. The first-order chi connectivity index (χ1) is 26.7. The van der Waals surface area contributed by atoms with Gasteiger partial charge in [0, 0.05) is 36.9 Å². The smallest absolute Gasteiger partial charge is 0.0540 e. The number of thiophene rings is 1. The second kappa shape index (κ2) is 12.4. The SMILES string of the molecule is c1ccc(-c2cccc(N(c3ccc(-c4ccc5ccc6c7ccccc7ccc6c5c4)cc3)c3cccc4cc5c(cc34)sc3ccccc35)c2)cc1. The van der Waals surface area contributed by atoms with E-state index < -0.39 is 0 Å². The van der Waals surface area contributed by atoms with Crippen LogP contribution in [0.25, 0.3) is 85.5 Å². The van der Waals surface area contributed by atoms with Gasteiger partial charge in [-0.05, 0) is 115 Å². The number of rotatable bonds is 5. The summed E-state index contributed by atoms with van der Waals surface area (Å²) in [6.07, 6.45) is 0. The molecule has 0 unspecified atom stereocenters. The van der Waals surface area contributed by atoms with E-state index in [1.807, 2.05) is 11.3 Å². The molecule has 0 fully saturated rings. The Balaban J connectivity index is 1.07. The second-order valence-corrected chi connectivity index (χ2v) is 15.2. The highest BCUT2D eigenvalue weighted by atomic mass is 32.1. The average molecular weight is 704 g/mol. The molecule has 0 aliphatic heterocycles. The molecule has 0 aliphatic carbocycles. The van der Waals surface area contributed by atoms with Crippen LogP contribution in [0, 0.1) is 0 Å². The molecule has 54 heavy (non-hydrogen) atoms. The van der Waals surface area contributed by atoms with Gasteiger partial charge in [0.15, 0.2) is 0 Å². The Labute approximate surface area is 317 Å². The van der Waals surface area contributed by atoms with Crippen molar-refractivity contribution in [3.8, 4) is 22.3 Å². The molecule has 0 N–H and O–H groups in total. The molecule has 1 nitrogen and oxygen atoms in total. The van der Waals surface area contributed by atoms with Crippen molar-refractivity contribution in [2.45, 2.75) is 0 Å². The normalized spacial score (nSPS) is 11.7. The first-order valence-electron chi connectivity index (χ1n) is 18.5. The third-order valence-electron chi connectivity index (χ3n) is 11.0. The van der Waals surface area contributed by atoms with E-state index in [1.165, 1.54) is 85.5 Å². The lowest BCUT2D eigenvalue weighted by molar-refractivity contribution is 1.30. The van der Waals surface area contributed by atoms with Crippen molar-refractivity contribution in [2.75, 3.05) is 4.90 Å². The van der Waals surface area contributed by atoms with Gasteiger partial charge in [-0.3, -0.25) is 0 Å². The molecule has 0 radical (unpaired) electrons. The van der Waals surface area contributed by atoms with Crippen molar-refractivity contribution >= 4 is 91.7 Å². The van der Waals surface area contributed by atoms with E-state index >= 15 is 0 Å². The van der Waals surface area contributed by atoms with Crippen molar-refractivity contribution in [1.82, 2.24) is 0 Å². The third-order valence-corrected chi connectivity index (χ3v) is 12.1. The van der Waals surface area contributed by atoms with Crippen molar-refractivity contribution in [3.05, 3.63) is 200 Å². The predicted molar refractivity (Wildman–Crippen MR) is 235 cm³/mol. The van der Waals surface area contributed by atoms with Crippen molar-refractivity contribution in [3.63, 3.8) is 0 Å². The van der Waals surface area contributed by atoms with Crippen molar-refractivity contribution in [2.24, 2.45) is 0 Å². The second-order valence-electron chi connectivity index (χ2n) is 14.1. The van der Waals surface area contributed by atoms with Gasteiger partial charge in [-0.2, -0.15) is 0 Å². The van der Waals surface area contributed by atoms with Gasteiger partial charge in [0.25, 0.3) is 0 Å². The molecule has 0 spiro atoms. The van der Waals surface area contributed by atoms with E-state index in [-0.39, 0.29) is 0 Å². The van der Waals surface area contributed by atoms with Crippen LogP contribution in [0.2, 0.25) is 0 Å². The average Bonchev–Trinajstić information content (AvgIpc) is 3.61. The zero-order valence-electron chi connectivity index (χ0n) is 29.4. The van der Waals surface area contributed by atoms with Crippen LogP contribution in [-0.2, 0) is 0 Å². The molecule has 11 rings (SSSR count). The summed E-state index contributed by atoms with van der Waals surface area (Å²) in [5.41, 5.74) is 8.21. The topological polar surface area (TPSA) is 3.24 Å². The lowest BCUT2D eigenvalue weighted by atomic mass is 9.94. The van der Waals surface area contributed by atoms with E-state index in [4.69, 9.17) is 0 Å². The van der Waals surface area contributed by atoms with E-state index in [9.17, 15) is 0 Å². The van der Waals surface area contributed by atoms with Crippen molar-refractivity contribution < 1.29 is 0 Å². The summed E-state index contributed by atoms with van der Waals surface area (Å²) in [4.78, 5) is 2.43. The standard InChI is InChI=1S/C52H33NS/c1-2-10-34(11-3-1)38-13-8-15-42(30-38)53(50-18-9-14-40-32-49-46-17-6-7-19-51(46)54-52(49)33-48(40)50)41-26-22-35(23-27-41)39-21-20-37-25-28-44-43-16-5-4-12-36(43)24-29-45(44)47(37)31-39/h1-33H. The minimum absolute atomic E-state index is 1.12. The monoisotopic (exact) mass is 703 g/mol. The molecular formula is C52H33NS. The third kappa shape index (κ3) is 5.07. The fourth-order valence-electron chi connectivity index (χ4n) is 8.36. The number of anilines is 3. The Morgan fingerprint density at radius 3 is 1.78 bits per heavy atom. The minimum Gasteiger partial charge on any atom is -0.310 e. The molecule has 2 heteroatoms. The number of hydrogen-bond acceptors (Lipinski definition) is 2. The van der Waals surface area contributed by atoms with Crippen LogP contribution in [0.5, 0.6) is 0 Å². The lowest BCUT2D eigenvalue weighted by Gasteiger charge is -2.27. The number of fused-ring (bicyclic) bond motifs is 9. The first kappa shape index (κ1) is 30.8. The maximum absolute atomic E-state index is 2.43. The summed E-state index contributed by atoms with van der Waals surface area (Å²) in [5, 5.41) is 12.8. The molecule has 1 aromatic heterocycles. The van der Waals surface area contributed by atoms with Gasteiger partial charge in [-0.1, -0.05) is 146 Å². The van der Waals surface area contributed by atoms with E-state index in [0.717, 1.165) is 17.1 Å². The zero-order valence-corrected chi connectivity index (χ0v) is 30.2. The molecule has 10 aromatic carbocycles. The maximum atomic E-state index is 2.43. The molecule has 0 saturated carbocycles. The molecule has 252 valence electrons. The molecule has 1 heterocycles. The molecule has 0 aliphatic rings. The zero-order chi connectivity index (χ0) is 35.6. The summed E-state index contributed by atoms with van der Waals surface area (Å²) >= 11 is 1.87. The highest BCUT2D eigenvalue weighted by Crippen LogP contribution is 2.44. The summed E-state index contributed by atoms with van der Waals surface area (Å²) in [7, 11) is 0. The summed E-state index contributed by atoms with van der Waals surface area (Å²) in [6, 6.07) is 73.6. The quantitative estimate of drug-likeness (QED) is 0.161. The number of nitrogens with zero attached hydrogens (tertiary/aromatic N) is 1. The van der Waals surface area contributed by atoms with Gasteiger partial charge >= 0.3 is 0 Å². The Kier molecular flexibility index (Phi) is 7.11. The largest absolute Gasteiger partial charge is 0.310 e. The summed E-state index contributed by atoms with van der Waals surface area (Å²) in [6.45, 7) is 0. The Bertz CT molecular complexity index is 3210. The van der Waals surface area contributed by atoms with Gasteiger partial charge in [0.2, 0.25) is 0 Å². The van der Waals surface area contributed by atoms with Gasteiger partial charge in [0.1, 0.15) is 0 Å². The fourth-order valence-corrected chi connectivity index (χ4v) is 9.49. The van der Waals surface area contributed by atoms with Crippen LogP contribution in [0.15, 0.2) is 200 Å². The Morgan fingerprint density at radius 1 is 0.278 bits per heavy atom. The lowest BCUT2D eigenvalue weighted by Crippen LogP contribution is -2.10. The maximum Gasteiger partial charge on any atom is 0.0540 e. The van der Waals surface area contributed by atoms with Crippen molar-refractivity contribution in [1.29, 1.82) is 0 Å². The van der Waals surface area contributed by atoms with Crippen LogP contribution in [-0.4, -0.2) is 0 Å². The molecule has 0 atom stereocenters. The molecular weight excluding hydrogens is 671 g/mol. The van der Waals surface area contributed by atoms with Gasteiger partial charge in [0.05, 0.1) is 5.69 Å². The van der Waals surface area contributed by atoms with E-state index in [0.29, 0.717) is 0 Å². The minimum atomic E-state index is 1.12. The van der Waals surface area contributed by atoms with Crippen LogP contribution < -0.4 is 4.90 Å². The van der Waals surface area contributed by atoms with E-state index in [2.05, 4.69) is 205 Å². The Morgan fingerprint density at radius 2 is 0.907 bits per heavy atom. The van der Waals surface area contributed by atoms with Crippen LogP contribution in [0.1, 0.15) is 0 Å². The van der Waals surface area contributed by atoms with Crippen LogP contribution >= 0.6 is 11.3 Å². The predicted octanol–water partition coefficient (Wildman–Crippen LogP) is 15.5. The molecule has 0 bridgehead atoms.